The molecule has 1 aliphatic heterocycles. The summed E-state index contributed by atoms with van der Waals surface area (Å²) in [6, 6.07) is 9.47. The van der Waals surface area contributed by atoms with Gasteiger partial charge in [0.2, 0.25) is 11.8 Å². The van der Waals surface area contributed by atoms with Crippen molar-refractivity contribution in [3.63, 3.8) is 0 Å². The molecule has 3 aromatic rings. The summed E-state index contributed by atoms with van der Waals surface area (Å²) in [5, 5.41) is 17.8. The number of aromatic nitrogens is 2. The Balaban J connectivity index is 1.63. The van der Waals surface area contributed by atoms with E-state index in [-0.39, 0.29) is 17.9 Å². The highest BCUT2D eigenvalue weighted by atomic mass is 32.2. The molecule has 1 aromatic heterocycles. The van der Waals surface area contributed by atoms with Crippen LogP contribution in [-0.4, -0.2) is 30.8 Å². The van der Waals surface area contributed by atoms with Gasteiger partial charge in [0.1, 0.15) is 0 Å². The first-order valence-electron chi connectivity index (χ1n) is 9.50. The van der Waals surface area contributed by atoms with Gasteiger partial charge in [-0.15, -0.1) is 10.2 Å². The van der Waals surface area contributed by atoms with E-state index in [1.165, 1.54) is 12.1 Å². The van der Waals surface area contributed by atoms with E-state index in [4.69, 9.17) is 14.8 Å². The van der Waals surface area contributed by atoms with Crippen LogP contribution >= 0.6 is 0 Å². The van der Waals surface area contributed by atoms with Crippen LogP contribution in [0, 0.1) is 0 Å². The molecule has 1 aliphatic rings. The molecule has 0 atom stereocenters. The van der Waals surface area contributed by atoms with Gasteiger partial charge in [0.05, 0.1) is 17.9 Å². The highest BCUT2D eigenvalue weighted by Gasteiger charge is 2.28. The monoisotopic (exact) mass is 428 g/mol. The van der Waals surface area contributed by atoms with E-state index in [0.29, 0.717) is 40.6 Å². The summed E-state index contributed by atoms with van der Waals surface area (Å²) in [6.07, 6.45) is 1.66. The van der Waals surface area contributed by atoms with Crippen molar-refractivity contribution in [3.8, 4) is 0 Å². The molecule has 0 spiro atoms. The quantitative estimate of drug-likeness (QED) is 0.377. The van der Waals surface area contributed by atoms with Crippen LogP contribution in [0.3, 0.4) is 0 Å². The highest BCUT2D eigenvalue weighted by Crippen LogP contribution is 2.25. The summed E-state index contributed by atoms with van der Waals surface area (Å²) in [7, 11) is -5.00. The first-order chi connectivity index (χ1) is 14.4. The van der Waals surface area contributed by atoms with Gasteiger partial charge >= 0.3 is 7.12 Å². The van der Waals surface area contributed by atoms with Crippen molar-refractivity contribution in [2.24, 2.45) is 0 Å². The number of rotatable bonds is 7. The van der Waals surface area contributed by atoms with Crippen molar-refractivity contribution >= 4 is 34.0 Å². The molecular formula is C19H21BN4O5S. The number of aryl methyl sites for hydroxylation is 1. The number of benzene rings is 2. The third kappa shape index (κ3) is 4.18. The fourth-order valence-electron chi connectivity index (χ4n) is 3.33. The summed E-state index contributed by atoms with van der Waals surface area (Å²) >= 11 is 0. The van der Waals surface area contributed by atoms with Crippen LogP contribution in [0.4, 0.5) is 11.4 Å². The topological polar surface area (TPSA) is 141 Å². The maximum atomic E-state index is 13.1. The van der Waals surface area contributed by atoms with Crippen molar-refractivity contribution in [3.05, 3.63) is 59.3 Å². The van der Waals surface area contributed by atoms with Gasteiger partial charge < -0.3 is 19.8 Å². The van der Waals surface area contributed by atoms with E-state index >= 15 is 0 Å². The molecule has 4 rings (SSSR count). The van der Waals surface area contributed by atoms with Crippen LogP contribution < -0.4 is 15.9 Å². The van der Waals surface area contributed by atoms with Crippen molar-refractivity contribution in [2.75, 3.05) is 10.5 Å². The maximum absolute atomic E-state index is 13.1. The number of nitrogens with two attached hydrogens (primary N) is 1. The van der Waals surface area contributed by atoms with Gasteiger partial charge in [-0.05, 0) is 53.3 Å². The lowest BCUT2D eigenvalue weighted by Crippen LogP contribution is -2.28. The predicted octanol–water partition coefficient (Wildman–Crippen LogP) is 1.21. The lowest BCUT2D eigenvalue weighted by atomic mass is 9.79. The zero-order chi connectivity index (χ0) is 21.3. The van der Waals surface area contributed by atoms with Crippen molar-refractivity contribution in [1.82, 2.24) is 10.2 Å². The molecule has 11 heteroatoms. The molecule has 0 aliphatic carbocycles. The van der Waals surface area contributed by atoms with Crippen LogP contribution in [0.2, 0.25) is 0 Å². The number of nitrogen functional groups attached to an aromatic ring is 1. The lowest BCUT2D eigenvalue weighted by molar-refractivity contribution is 0.275. The Labute approximate surface area is 174 Å². The average molecular weight is 428 g/mol. The number of nitrogens with one attached hydrogen (secondary N) is 1. The number of fused-ring (bicyclic) bond motifs is 1. The average Bonchev–Trinajstić information content (AvgIpc) is 3.28. The van der Waals surface area contributed by atoms with Gasteiger partial charge in [-0.1, -0.05) is 13.0 Å². The summed E-state index contributed by atoms with van der Waals surface area (Å²) < 4.78 is 39.5. The molecule has 0 fully saturated rings. The SMILES string of the molecule is CCCc1nnc(Cc2cc(N)ccc2S(=O)(=O)Nc2ccc3c(c2)B(O)OC3)o1. The van der Waals surface area contributed by atoms with Crippen molar-refractivity contribution in [2.45, 2.75) is 37.7 Å². The summed E-state index contributed by atoms with van der Waals surface area (Å²) in [5.41, 5.74) is 8.44. The van der Waals surface area contributed by atoms with Crippen molar-refractivity contribution < 1.29 is 22.5 Å². The fraction of sp³-hybridized carbons (Fsp3) is 0.263. The maximum Gasteiger partial charge on any atom is 0.491 e. The number of hydrogen-bond acceptors (Lipinski definition) is 8. The molecule has 2 aromatic carbocycles. The van der Waals surface area contributed by atoms with E-state index in [2.05, 4.69) is 14.9 Å². The standard InChI is InChI=1S/C19H21BN4O5S/c1-2-3-18-22-23-19(29-18)9-13-8-14(21)5-7-17(13)30(26,27)24-15-6-4-12-11-28-20(25)16(12)10-15/h4-8,10,24-25H,2-3,9,11,21H2,1H3. The minimum absolute atomic E-state index is 0.0595. The number of anilines is 2. The summed E-state index contributed by atoms with van der Waals surface area (Å²) in [6.45, 7) is 2.29. The Morgan fingerprint density at radius 2 is 2.00 bits per heavy atom. The zero-order valence-corrected chi connectivity index (χ0v) is 17.1. The normalized spacial score (nSPS) is 13.5. The van der Waals surface area contributed by atoms with E-state index in [1.807, 2.05) is 6.92 Å². The highest BCUT2D eigenvalue weighted by molar-refractivity contribution is 7.92. The molecule has 156 valence electrons. The van der Waals surface area contributed by atoms with Gasteiger partial charge in [-0.2, -0.15) is 0 Å². The second kappa shape index (κ2) is 8.09. The van der Waals surface area contributed by atoms with Crippen LogP contribution in [-0.2, 0) is 34.1 Å². The lowest BCUT2D eigenvalue weighted by Gasteiger charge is -2.13. The Hall–Kier alpha value is -2.89. The largest absolute Gasteiger partial charge is 0.491 e. The van der Waals surface area contributed by atoms with E-state index in [1.54, 1.807) is 24.3 Å². The number of nitrogens with zero attached hydrogens (tertiary/aromatic N) is 2. The first-order valence-corrected chi connectivity index (χ1v) is 11.0. The van der Waals surface area contributed by atoms with Crippen LogP contribution in [0.1, 0.15) is 36.3 Å². The summed E-state index contributed by atoms with van der Waals surface area (Å²) in [5.74, 6) is 0.830. The fourth-order valence-corrected chi connectivity index (χ4v) is 4.60. The molecular weight excluding hydrogens is 407 g/mol. The Morgan fingerprint density at radius 3 is 2.80 bits per heavy atom. The molecule has 2 heterocycles. The molecule has 0 saturated heterocycles. The van der Waals surface area contributed by atoms with E-state index in [9.17, 15) is 13.4 Å². The Kier molecular flexibility index (Phi) is 5.50. The third-order valence-corrected chi connectivity index (χ3v) is 6.23. The molecule has 4 N–H and O–H groups in total. The van der Waals surface area contributed by atoms with Gasteiger partial charge in [-0.25, -0.2) is 8.42 Å². The first kappa shape index (κ1) is 20.4. The Bertz CT molecular complexity index is 1180. The third-order valence-electron chi connectivity index (χ3n) is 4.75. The second-order valence-electron chi connectivity index (χ2n) is 7.07. The molecule has 0 bridgehead atoms. The van der Waals surface area contributed by atoms with Gasteiger partial charge in [-0.3, -0.25) is 4.72 Å². The predicted molar refractivity (Wildman–Crippen MR) is 112 cm³/mol. The van der Waals surface area contributed by atoms with Crippen LogP contribution in [0.15, 0.2) is 45.7 Å². The van der Waals surface area contributed by atoms with Gasteiger partial charge in [0.25, 0.3) is 10.0 Å². The number of sulfonamides is 1. The molecule has 30 heavy (non-hydrogen) atoms. The Morgan fingerprint density at radius 1 is 1.20 bits per heavy atom. The van der Waals surface area contributed by atoms with Gasteiger partial charge in [0, 0.05) is 17.8 Å². The molecule has 0 unspecified atom stereocenters. The van der Waals surface area contributed by atoms with E-state index in [0.717, 1.165) is 12.0 Å². The van der Waals surface area contributed by atoms with Gasteiger partial charge in [0.15, 0.2) is 0 Å². The molecule has 0 amide bonds. The van der Waals surface area contributed by atoms with Crippen LogP contribution in [0.5, 0.6) is 0 Å². The van der Waals surface area contributed by atoms with Crippen LogP contribution in [0.25, 0.3) is 0 Å². The molecule has 0 radical (unpaired) electrons. The molecule has 0 saturated carbocycles. The summed E-state index contributed by atoms with van der Waals surface area (Å²) in [4.78, 5) is 0.0595. The van der Waals surface area contributed by atoms with Crippen molar-refractivity contribution in [1.29, 1.82) is 0 Å². The number of hydrogen-bond donors (Lipinski definition) is 3. The minimum Gasteiger partial charge on any atom is -0.425 e. The smallest absolute Gasteiger partial charge is 0.425 e. The minimum atomic E-state index is -3.94. The van der Waals surface area contributed by atoms with E-state index < -0.39 is 17.1 Å². The second-order valence-corrected chi connectivity index (χ2v) is 8.72. The zero-order valence-electron chi connectivity index (χ0n) is 16.3. The molecule has 9 nitrogen and oxygen atoms in total.